The number of nitrogens with zero attached hydrogens (tertiary/aromatic N) is 1. The van der Waals surface area contributed by atoms with Crippen molar-refractivity contribution in [3.63, 3.8) is 0 Å². The van der Waals surface area contributed by atoms with Crippen LogP contribution in [0.4, 0.5) is 0 Å². The summed E-state index contributed by atoms with van der Waals surface area (Å²) in [6.45, 7) is 8.70. The van der Waals surface area contributed by atoms with Gasteiger partial charge in [-0.3, -0.25) is 4.99 Å². The van der Waals surface area contributed by atoms with E-state index in [1.807, 2.05) is 11.8 Å². The Labute approximate surface area is 79.2 Å². The van der Waals surface area contributed by atoms with Gasteiger partial charge in [-0.25, -0.2) is 0 Å². The quantitative estimate of drug-likeness (QED) is 0.723. The molecule has 1 atom stereocenters. The van der Waals surface area contributed by atoms with E-state index in [9.17, 15) is 0 Å². The van der Waals surface area contributed by atoms with Gasteiger partial charge in [0, 0.05) is 12.3 Å². The highest BCUT2D eigenvalue weighted by Crippen LogP contribution is 2.16. The van der Waals surface area contributed by atoms with Crippen molar-refractivity contribution in [2.45, 2.75) is 26.8 Å². The topological polar surface area (TPSA) is 24.4 Å². The molecule has 1 N–H and O–H groups in total. The van der Waals surface area contributed by atoms with Crippen molar-refractivity contribution >= 4 is 16.8 Å². The molecule has 1 aliphatic rings. The maximum absolute atomic E-state index is 4.50. The summed E-state index contributed by atoms with van der Waals surface area (Å²) >= 11 is 1.87. The summed E-state index contributed by atoms with van der Waals surface area (Å²) in [5.41, 5.74) is 0. The molecular formula is C9H18N2S. The molecule has 1 heterocycles. The van der Waals surface area contributed by atoms with Gasteiger partial charge in [-0.1, -0.05) is 13.8 Å². The van der Waals surface area contributed by atoms with Crippen molar-refractivity contribution in [1.82, 2.24) is 5.32 Å². The summed E-state index contributed by atoms with van der Waals surface area (Å²) in [5.74, 6) is 1.90. The summed E-state index contributed by atoms with van der Waals surface area (Å²) in [7, 11) is 0. The lowest BCUT2D eigenvalue weighted by Crippen LogP contribution is -2.28. The predicted octanol–water partition coefficient (Wildman–Crippen LogP) is 1.77. The second-order valence-corrected chi connectivity index (χ2v) is 4.88. The standard InChI is InChI=1S/C9H18N2S/c1-7(2)4-10-5-9-6-12-8(3)11-9/h7,9-10H,4-6H2,1-3H3. The van der Waals surface area contributed by atoms with Crippen molar-refractivity contribution in [2.75, 3.05) is 18.8 Å². The van der Waals surface area contributed by atoms with Gasteiger partial charge in [0.05, 0.1) is 11.1 Å². The van der Waals surface area contributed by atoms with Crippen LogP contribution >= 0.6 is 11.8 Å². The minimum absolute atomic E-state index is 0.522. The molecule has 0 aromatic heterocycles. The van der Waals surface area contributed by atoms with E-state index in [1.54, 1.807) is 0 Å². The highest BCUT2D eigenvalue weighted by molar-refractivity contribution is 8.14. The van der Waals surface area contributed by atoms with Gasteiger partial charge in [0.1, 0.15) is 0 Å². The fourth-order valence-electron chi connectivity index (χ4n) is 1.19. The van der Waals surface area contributed by atoms with Crippen LogP contribution in [0, 0.1) is 5.92 Å². The van der Waals surface area contributed by atoms with Crippen molar-refractivity contribution < 1.29 is 0 Å². The number of hydrogen-bond acceptors (Lipinski definition) is 3. The van der Waals surface area contributed by atoms with Crippen LogP contribution in [0.5, 0.6) is 0 Å². The molecule has 1 aliphatic heterocycles. The van der Waals surface area contributed by atoms with E-state index >= 15 is 0 Å². The van der Waals surface area contributed by atoms with Gasteiger partial charge < -0.3 is 5.32 Å². The zero-order valence-corrected chi connectivity index (χ0v) is 8.95. The third-order valence-corrected chi connectivity index (χ3v) is 2.86. The Balaban J connectivity index is 2.08. The third-order valence-electron chi connectivity index (χ3n) is 1.78. The van der Waals surface area contributed by atoms with E-state index in [2.05, 4.69) is 31.1 Å². The lowest BCUT2D eigenvalue weighted by Gasteiger charge is -2.09. The minimum atomic E-state index is 0.522. The van der Waals surface area contributed by atoms with Crippen molar-refractivity contribution in [1.29, 1.82) is 0 Å². The van der Waals surface area contributed by atoms with Crippen LogP contribution in [0.25, 0.3) is 0 Å². The van der Waals surface area contributed by atoms with Crippen molar-refractivity contribution in [2.24, 2.45) is 10.9 Å². The molecule has 0 spiro atoms. The Morgan fingerprint density at radius 1 is 1.67 bits per heavy atom. The summed E-state index contributed by atoms with van der Waals surface area (Å²) in [6, 6.07) is 0.522. The minimum Gasteiger partial charge on any atom is -0.314 e. The van der Waals surface area contributed by atoms with Crippen LogP contribution in [0.3, 0.4) is 0 Å². The summed E-state index contributed by atoms with van der Waals surface area (Å²) < 4.78 is 0. The average Bonchev–Trinajstić information content (AvgIpc) is 2.35. The van der Waals surface area contributed by atoms with Crippen LogP contribution in [0.1, 0.15) is 20.8 Å². The van der Waals surface area contributed by atoms with Gasteiger partial charge in [-0.15, -0.1) is 11.8 Å². The molecule has 2 nitrogen and oxygen atoms in total. The maximum atomic E-state index is 4.50. The number of nitrogens with one attached hydrogen (secondary N) is 1. The summed E-state index contributed by atoms with van der Waals surface area (Å²) in [6.07, 6.45) is 0. The average molecular weight is 186 g/mol. The molecule has 1 unspecified atom stereocenters. The van der Waals surface area contributed by atoms with E-state index in [-0.39, 0.29) is 0 Å². The Morgan fingerprint density at radius 3 is 2.92 bits per heavy atom. The lowest BCUT2D eigenvalue weighted by molar-refractivity contribution is 0.531. The molecule has 70 valence electrons. The Hall–Kier alpha value is -0.0200. The van der Waals surface area contributed by atoms with E-state index in [4.69, 9.17) is 0 Å². The molecule has 0 radical (unpaired) electrons. The number of hydrogen-bond donors (Lipinski definition) is 1. The molecule has 0 amide bonds. The smallest absolute Gasteiger partial charge is 0.0727 e. The summed E-state index contributed by atoms with van der Waals surface area (Å²) in [5, 5.41) is 4.67. The van der Waals surface area contributed by atoms with E-state index < -0.39 is 0 Å². The van der Waals surface area contributed by atoms with Gasteiger partial charge in [0.2, 0.25) is 0 Å². The van der Waals surface area contributed by atoms with Crippen LogP contribution < -0.4 is 5.32 Å². The highest BCUT2D eigenvalue weighted by atomic mass is 32.2. The molecule has 12 heavy (non-hydrogen) atoms. The molecule has 0 aromatic carbocycles. The normalized spacial score (nSPS) is 23.3. The Morgan fingerprint density at radius 2 is 2.42 bits per heavy atom. The second kappa shape index (κ2) is 4.87. The van der Waals surface area contributed by atoms with E-state index in [0.717, 1.165) is 24.8 Å². The first kappa shape index (κ1) is 10.1. The Bertz CT molecular complexity index is 166. The summed E-state index contributed by atoms with van der Waals surface area (Å²) in [4.78, 5) is 4.50. The van der Waals surface area contributed by atoms with Crippen molar-refractivity contribution in [3.8, 4) is 0 Å². The van der Waals surface area contributed by atoms with Crippen molar-refractivity contribution in [3.05, 3.63) is 0 Å². The lowest BCUT2D eigenvalue weighted by atomic mass is 10.2. The van der Waals surface area contributed by atoms with Crippen LogP contribution in [-0.2, 0) is 0 Å². The molecule has 0 aromatic rings. The van der Waals surface area contributed by atoms with E-state index in [0.29, 0.717) is 6.04 Å². The van der Waals surface area contributed by atoms with Crippen LogP contribution in [-0.4, -0.2) is 29.9 Å². The van der Waals surface area contributed by atoms with Crippen LogP contribution in [0.15, 0.2) is 4.99 Å². The third kappa shape index (κ3) is 3.59. The van der Waals surface area contributed by atoms with Gasteiger partial charge >= 0.3 is 0 Å². The fourth-order valence-corrected chi connectivity index (χ4v) is 2.04. The molecule has 0 aliphatic carbocycles. The molecule has 0 fully saturated rings. The number of thioether (sulfide) groups is 1. The molecule has 0 saturated heterocycles. The Kier molecular flexibility index (Phi) is 4.09. The molecule has 3 heteroatoms. The number of aliphatic imine (C=N–C) groups is 1. The second-order valence-electron chi connectivity index (χ2n) is 3.67. The molecule has 0 saturated carbocycles. The fraction of sp³-hybridized carbons (Fsp3) is 0.889. The first-order chi connectivity index (χ1) is 5.68. The predicted molar refractivity (Wildman–Crippen MR) is 57.1 cm³/mol. The van der Waals surface area contributed by atoms with Crippen LogP contribution in [0.2, 0.25) is 0 Å². The van der Waals surface area contributed by atoms with E-state index in [1.165, 1.54) is 5.04 Å². The van der Waals surface area contributed by atoms with Gasteiger partial charge in [-0.2, -0.15) is 0 Å². The molecule has 1 rings (SSSR count). The molecular weight excluding hydrogens is 168 g/mol. The zero-order valence-electron chi connectivity index (χ0n) is 8.13. The first-order valence-electron chi connectivity index (χ1n) is 4.56. The highest BCUT2D eigenvalue weighted by Gasteiger charge is 2.14. The SMILES string of the molecule is CC1=NC(CNCC(C)C)CS1. The number of rotatable bonds is 4. The van der Waals surface area contributed by atoms with Gasteiger partial charge in [-0.05, 0) is 19.4 Å². The maximum Gasteiger partial charge on any atom is 0.0727 e. The zero-order chi connectivity index (χ0) is 8.97. The monoisotopic (exact) mass is 186 g/mol. The molecule has 0 bridgehead atoms. The van der Waals surface area contributed by atoms with Gasteiger partial charge in [0.15, 0.2) is 0 Å². The van der Waals surface area contributed by atoms with Gasteiger partial charge in [0.25, 0.3) is 0 Å². The first-order valence-corrected chi connectivity index (χ1v) is 5.55. The largest absolute Gasteiger partial charge is 0.314 e.